The topological polar surface area (TPSA) is 40.5 Å². The van der Waals surface area contributed by atoms with Crippen LogP contribution in [0.15, 0.2) is 103 Å². The lowest BCUT2D eigenvalue weighted by Crippen LogP contribution is -2.38. The molecule has 164 valence electrons. The zero-order chi connectivity index (χ0) is 22.2. The molecule has 0 saturated carbocycles. The molecule has 0 bridgehead atoms. The minimum atomic E-state index is -0.671. The van der Waals surface area contributed by atoms with Crippen molar-refractivity contribution in [2.75, 3.05) is 19.6 Å². The summed E-state index contributed by atoms with van der Waals surface area (Å²) >= 11 is 0. The lowest BCUT2D eigenvalue weighted by molar-refractivity contribution is -0.143. The van der Waals surface area contributed by atoms with E-state index in [4.69, 9.17) is 0 Å². The van der Waals surface area contributed by atoms with Gasteiger partial charge in [0.2, 0.25) is 0 Å². The second kappa shape index (κ2) is 10.4. The van der Waals surface area contributed by atoms with E-state index in [1.54, 1.807) is 0 Å². The molecule has 0 aliphatic carbocycles. The number of benzene rings is 3. The van der Waals surface area contributed by atoms with Gasteiger partial charge in [-0.15, -0.1) is 0 Å². The van der Waals surface area contributed by atoms with Crippen LogP contribution in [0.5, 0.6) is 0 Å². The minimum absolute atomic E-state index is 0.241. The summed E-state index contributed by atoms with van der Waals surface area (Å²) in [7, 11) is 0. The molecule has 3 heteroatoms. The lowest BCUT2D eigenvalue weighted by atomic mass is 9.67. The molecule has 32 heavy (non-hydrogen) atoms. The van der Waals surface area contributed by atoms with Crippen LogP contribution >= 0.6 is 0 Å². The van der Waals surface area contributed by atoms with Gasteiger partial charge in [0.05, 0.1) is 5.92 Å². The largest absolute Gasteiger partial charge is 0.481 e. The molecule has 1 aliphatic heterocycles. The number of carboxylic acids is 1. The number of hydrogen-bond acceptors (Lipinski definition) is 2. The summed E-state index contributed by atoms with van der Waals surface area (Å²) < 4.78 is 0. The monoisotopic (exact) mass is 425 g/mol. The number of hydrogen-bond donors (Lipinski definition) is 1. The van der Waals surface area contributed by atoms with Gasteiger partial charge in [0, 0.05) is 18.5 Å². The van der Waals surface area contributed by atoms with Crippen LogP contribution in [0.3, 0.4) is 0 Å². The highest BCUT2D eigenvalue weighted by Crippen LogP contribution is 2.42. The average molecular weight is 426 g/mol. The molecule has 0 spiro atoms. The summed E-state index contributed by atoms with van der Waals surface area (Å²) in [6.07, 6.45) is 7.06. The van der Waals surface area contributed by atoms with Crippen LogP contribution < -0.4 is 0 Å². The normalized spacial score (nSPS) is 17.4. The van der Waals surface area contributed by atoms with Crippen LogP contribution in [0.4, 0.5) is 0 Å². The van der Waals surface area contributed by atoms with Crippen molar-refractivity contribution in [2.24, 2.45) is 5.92 Å². The number of aliphatic carboxylic acids is 1. The smallest absolute Gasteiger partial charge is 0.307 e. The first-order valence-electron chi connectivity index (χ1n) is 11.5. The molecule has 3 nitrogen and oxygen atoms in total. The molecular formula is C29H31NO2. The maximum Gasteiger partial charge on any atom is 0.307 e. The Bertz CT molecular complexity index is 918. The summed E-state index contributed by atoms with van der Waals surface area (Å²) in [6, 6.07) is 32.2. The first-order chi connectivity index (χ1) is 15.7. The van der Waals surface area contributed by atoms with Crippen molar-refractivity contribution in [2.45, 2.75) is 24.7 Å². The summed E-state index contributed by atoms with van der Waals surface area (Å²) in [5.41, 5.74) is 3.52. The van der Waals surface area contributed by atoms with Crippen LogP contribution in [-0.4, -0.2) is 35.6 Å². The van der Waals surface area contributed by atoms with E-state index in [-0.39, 0.29) is 11.3 Å². The fourth-order valence-electron chi connectivity index (χ4n) is 4.93. The van der Waals surface area contributed by atoms with Crippen molar-refractivity contribution in [3.63, 3.8) is 0 Å². The van der Waals surface area contributed by atoms with Gasteiger partial charge in [-0.2, -0.15) is 0 Å². The Kier molecular flexibility index (Phi) is 7.18. The zero-order valence-electron chi connectivity index (χ0n) is 18.4. The highest BCUT2D eigenvalue weighted by molar-refractivity contribution is 5.70. The Morgan fingerprint density at radius 2 is 1.34 bits per heavy atom. The number of carbonyl (C=O) groups is 1. The molecule has 1 saturated heterocycles. The van der Waals surface area contributed by atoms with Gasteiger partial charge in [0.25, 0.3) is 0 Å². The molecule has 1 atom stereocenters. The van der Waals surface area contributed by atoms with Crippen LogP contribution in [0.1, 0.15) is 36.0 Å². The van der Waals surface area contributed by atoms with E-state index in [1.807, 2.05) is 0 Å². The SMILES string of the molecule is O=C(O)C1CCCN(C/C=C/CC(c2ccccc2)(c2ccccc2)c2ccccc2)C1. The molecule has 1 heterocycles. The predicted molar refractivity (Wildman–Crippen MR) is 130 cm³/mol. The second-order valence-corrected chi connectivity index (χ2v) is 8.62. The molecule has 1 unspecified atom stereocenters. The maximum absolute atomic E-state index is 11.4. The highest BCUT2D eigenvalue weighted by atomic mass is 16.4. The van der Waals surface area contributed by atoms with Gasteiger partial charge in [0.1, 0.15) is 0 Å². The molecule has 1 aliphatic rings. The van der Waals surface area contributed by atoms with Crippen molar-refractivity contribution in [3.8, 4) is 0 Å². The first kappa shape index (κ1) is 22.0. The summed E-state index contributed by atoms with van der Waals surface area (Å²) in [5, 5.41) is 9.37. The number of carboxylic acid groups (broad SMARTS) is 1. The molecular weight excluding hydrogens is 394 g/mol. The van der Waals surface area contributed by atoms with Crippen LogP contribution in [0, 0.1) is 5.92 Å². The number of rotatable bonds is 8. The fourth-order valence-corrected chi connectivity index (χ4v) is 4.93. The van der Waals surface area contributed by atoms with Crippen LogP contribution in [-0.2, 0) is 10.2 Å². The highest BCUT2D eigenvalue weighted by Gasteiger charge is 2.35. The van der Waals surface area contributed by atoms with Gasteiger partial charge in [-0.25, -0.2) is 0 Å². The lowest BCUT2D eigenvalue weighted by Gasteiger charge is -2.35. The van der Waals surface area contributed by atoms with Crippen molar-refractivity contribution in [1.82, 2.24) is 4.90 Å². The standard InChI is InChI=1S/C29H31NO2/c31-28(32)24-13-12-22-30(23-24)21-11-10-20-29(25-14-4-1-5-15-25,26-16-6-2-7-17-26)27-18-8-3-9-19-27/h1-11,14-19,24H,12-13,20-23H2,(H,31,32)/b11-10+. The zero-order valence-corrected chi connectivity index (χ0v) is 18.4. The second-order valence-electron chi connectivity index (χ2n) is 8.62. The van der Waals surface area contributed by atoms with E-state index in [0.717, 1.165) is 32.4 Å². The predicted octanol–water partition coefficient (Wildman–Crippen LogP) is 5.76. The molecule has 0 aromatic heterocycles. The average Bonchev–Trinajstić information content (AvgIpc) is 2.86. The van der Waals surface area contributed by atoms with Gasteiger partial charge in [-0.1, -0.05) is 103 Å². The van der Waals surface area contributed by atoms with Gasteiger partial charge in [0.15, 0.2) is 0 Å². The van der Waals surface area contributed by atoms with Crippen molar-refractivity contribution in [1.29, 1.82) is 0 Å². The van der Waals surface area contributed by atoms with E-state index in [9.17, 15) is 9.90 Å². The third kappa shape index (κ3) is 4.84. The van der Waals surface area contributed by atoms with E-state index in [1.165, 1.54) is 16.7 Å². The van der Waals surface area contributed by atoms with E-state index in [0.29, 0.717) is 6.54 Å². The first-order valence-corrected chi connectivity index (χ1v) is 11.5. The van der Waals surface area contributed by atoms with Crippen LogP contribution in [0.25, 0.3) is 0 Å². The van der Waals surface area contributed by atoms with E-state index < -0.39 is 5.97 Å². The number of likely N-dealkylation sites (tertiary alicyclic amines) is 1. The molecule has 3 aromatic rings. The Balaban J connectivity index is 1.64. The summed E-state index contributed by atoms with van der Waals surface area (Å²) in [6.45, 7) is 2.40. The Labute approximate surface area is 191 Å². The van der Waals surface area contributed by atoms with Gasteiger partial charge in [-0.3, -0.25) is 9.69 Å². The summed E-state index contributed by atoms with van der Waals surface area (Å²) in [5.74, 6) is -0.913. The minimum Gasteiger partial charge on any atom is -0.481 e. The van der Waals surface area contributed by atoms with Crippen molar-refractivity contribution >= 4 is 5.97 Å². The fraction of sp³-hybridized carbons (Fsp3) is 0.276. The Morgan fingerprint density at radius 1 is 0.844 bits per heavy atom. The Morgan fingerprint density at radius 3 is 1.81 bits per heavy atom. The van der Waals surface area contributed by atoms with Crippen molar-refractivity contribution in [3.05, 3.63) is 120 Å². The quantitative estimate of drug-likeness (QED) is 0.368. The molecule has 1 N–H and O–H groups in total. The Hall–Kier alpha value is -3.17. The number of allylic oxidation sites excluding steroid dienone is 1. The van der Waals surface area contributed by atoms with Gasteiger partial charge >= 0.3 is 5.97 Å². The molecule has 1 fully saturated rings. The number of piperidine rings is 1. The number of nitrogens with zero attached hydrogens (tertiary/aromatic N) is 1. The third-order valence-corrected chi connectivity index (χ3v) is 6.61. The van der Waals surface area contributed by atoms with E-state index in [2.05, 4.69) is 108 Å². The van der Waals surface area contributed by atoms with Crippen molar-refractivity contribution < 1.29 is 9.90 Å². The van der Waals surface area contributed by atoms with Crippen LogP contribution in [0.2, 0.25) is 0 Å². The van der Waals surface area contributed by atoms with E-state index >= 15 is 0 Å². The maximum atomic E-state index is 11.4. The summed E-state index contributed by atoms with van der Waals surface area (Å²) in [4.78, 5) is 13.6. The molecule has 4 rings (SSSR count). The molecule has 0 amide bonds. The van der Waals surface area contributed by atoms with Gasteiger partial charge < -0.3 is 5.11 Å². The molecule has 0 radical (unpaired) electrons. The van der Waals surface area contributed by atoms with Gasteiger partial charge in [-0.05, 0) is 42.5 Å². The third-order valence-electron chi connectivity index (χ3n) is 6.61. The molecule has 3 aromatic carbocycles.